The van der Waals surface area contributed by atoms with Crippen molar-refractivity contribution >= 4 is 11.6 Å². The second-order valence-corrected chi connectivity index (χ2v) is 5.65. The summed E-state index contributed by atoms with van der Waals surface area (Å²) in [5.74, 6) is 0.326. The Kier molecular flexibility index (Phi) is 4.41. The van der Waals surface area contributed by atoms with Gasteiger partial charge in [-0.25, -0.2) is 4.98 Å². The van der Waals surface area contributed by atoms with Gasteiger partial charge in [-0.2, -0.15) is 0 Å². The molecule has 3 rings (SSSR count). The molecule has 1 fully saturated rings. The number of carbonyl (C=O) groups is 1. The second-order valence-electron chi connectivity index (χ2n) is 5.65. The van der Waals surface area contributed by atoms with E-state index in [0.29, 0.717) is 36.5 Å². The van der Waals surface area contributed by atoms with Crippen molar-refractivity contribution in [3.05, 3.63) is 63.8 Å². The Bertz CT molecular complexity index is 764. The molecule has 0 aliphatic carbocycles. The fourth-order valence-corrected chi connectivity index (χ4v) is 2.82. The molecule has 1 saturated heterocycles. The number of hydrogen-bond donors (Lipinski definition) is 0. The number of rotatable bonds is 4. The van der Waals surface area contributed by atoms with Gasteiger partial charge in [0, 0.05) is 42.4 Å². The number of ether oxygens (including phenoxy) is 1. The minimum absolute atomic E-state index is 0.0404. The second kappa shape index (κ2) is 6.66. The maximum Gasteiger partial charge on any atom is 0.273 e. The maximum absolute atomic E-state index is 12.7. The summed E-state index contributed by atoms with van der Waals surface area (Å²) in [5.41, 5.74) is 0.714. The summed E-state index contributed by atoms with van der Waals surface area (Å²) in [6.07, 6.45) is 2.23. The van der Waals surface area contributed by atoms with Crippen LogP contribution < -0.4 is 4.74 Å². The smallest absolute Gasteiger partial charge is 0.273 e. The van der Waals surface area contributed by atoms with E-state index in [9.17, 15) is 14.9 Å². The molecule has 24 heavy (non-hydrogen) atoms. The van der Waals surface area contributed by atoms with E-state index < -0.39 is 4.92 Å². The molecule has 1 aromatic heterocycles. The Hall–Kier alpha value is -2.96. The average molecular weight is 327 g/mol. The highest BCUT2D eigenvalue weighted by Crippen LogP contribution is 2.24. The number of nitro benzene ring substituents is 1. The number of likely N-dealkylation sites (tertiary alicyclic amines) is 1. The largest absolute Gasteiger partial charge is 0.472 e. The number of nitro groups is 1. The summed E-state index contributed by atoms with van der Waals surface area (Å²) in [6, 6.07) is 9.99. The van der Waals surface area contributed by atoms with Gasteiger partial charge in [-0.05, 0) is 19.1 Å². The van der Waals surface area contributed by atoms with Crippen LogP contribution in [0.5, 0.6) is 5.88 Å². The summed E-state index contributed by atoms with van der Waals surface area (Å²) >= 11 is 0. The van der Waals surface area contributed by atoms with Crippen molar-refractivity contribution in [2.24, 2.45) is 0 Å². The van der Waals surface area contributed by atoms with Gasteiger partial charge < -0.3 is 9.64 Å². The van der Waals surface area contributed by atoms with Gasteiger partial charge in [-0.15, -0.1) is 0 Å². The normalized spacial score (nSPS) is 16.9. The van der Waals surface area contributed by atoms with E-state index in [2.05, 4.69) is 4.98 Å². The standard InChI is InChI=1S/C17H17N3O4/c1-12-14(5-4-6-15(12)20(22)23)17(21)19-10-8-13(11-19)24-16-7-2-3-9-18-16/h2-7,9,13H,8,10-11H2,1H3. The third-order valence-corrected chi connectivity index (χ3v) is 4.09. The number of benzene rings is 1. The monoisotopic (exact) mass is 327 g/mol. The van der Waals surface area contributed by atoms with E-state index in [1.807, 2.05) is 12.1 Å². The molecular weight excluding hydrogens is 310 g/mol. The first kappa shape index (κ1) is 15.9. The molecule has 0 bridgehead atoms. The van der Waals surface area contributed by atoms with Gasteiger partial charge in [0.2, 0.25) is 5.88 Å². The lowest BCUT2D eigenvalue weighted by atomic mass is 10.1. The number of hydrogen-bond acceptors (Lipinski definition) is 5. The predicted octanol–water partition coefficient (Wildman–Crippen LogP) is 2.59. The highest BCUT2D eigenvalue weighted by molar-refractivity contribution is 5.96. The van der Waals surface area contributed by atoms with Crippen molar-refractivity contribution in [2.45, 2.75) is 19.4 Å². The Morgan fingerprint density at radius 3 is 2.88 bits per heavy atom. The predicted molar refractivity (Wildman–Crippen MR) is 87.0 cm³/mol. The highest BCUT2D eigenvalue weighted by atomic mass is 16.6. The van der Waals surface area contributed by atoms with Gasteiger partial charge in [0.15, 0.2) is 0 Å². The SMILES string of the molecule is Cc1c(C(=O)N2CCC(Oc3ccccn3)C2)cccc1[N+](=O)[O-]. The van der Waals surface area contributed by atoms with Crippen molar-refractivity contribution in [1.29, 1.82) is 0 Å². The van der Waals surface area contributed by atoms with Crippen molar-refractivity contribution < 1.29 is 14.5 Å². The third-order valence-electron chi connectivity index (χ3n) is 4.09. The van der Waals surface area contributed by atoms with Crippen molar-refractivity contribution in [1.82, 2.24) is 9.88 Å². The van der Waals surface area contributed by atoms with Gasteiger partial charge in [-0.1, -0.05) is 12.1 Å². The van der Waals surface area contributed by atoms with E-state index in [0.717, 1.165) is 0 Å². The molecule has 0 spiro atoms. The van der Waals surface area contributed by atoms with Crippen LogP contribution in [-0.4, -0.2) is 39.9 Å². The summed E-state index contributed by atoms with van der Waals surface area (Å²) < 4.78 is 5.77. The number of carbonyl (C=O) groups excluding carboxylic acids is 1. The van der Waals surface area contributed by atoms with Gasteiger partial charge in [0.25, 0.3) is 11.6 Å². The van der Waals surface area contributed by atoms with Crippen LogP contribution in [0.15, 0.2) is 42.6 Å². The zero-order chi connectivity index (χ0) is 17.1. The minimum atomic E-state index is -0.469. The zero-order valence-electron chi connectivity index (χ0n) is 13.2. The fraction of sp³-hybridized carbons (Fsp3) is 0.294. The van der Waals surface area contributed by atoms with Gasteiger partial charge in [0.1, 0.15) is 6.10 Å². The molecule has 2 aromatic rings. The first-order valence-corrected chi connectivity index (χ1v) is 7.67. The van der Waals surface area contributed by atoms with Crippen LogP contribution in [0.25, 0.3) is 0 Å². The van der Waals surface area contributed by atoms with E-state index in [-0.39, 0.29) is 17.7 Å². The van der Waals surface area contributed by atoms with Gasteiger partial charge >= 0.3 is 0 Å². The number of aromatic nitrogens is 1. The summed E-state index contributed by atoms with van der Waals surface area (Å²) in [7, 11) is 0. The van der Waals surface area contributed by atoms with Crippen molar-refractivity contribution in [3.8, 4) is 5.88 Å². The van der Waals surface area contributed by atoms with Crippen molar-refractivity contribution in [3.63, 3.8) is 0 Å². The molecule has 2 heterocycles. The summed E-state index contributed by atoms with van der Waals surface area (Å²) in [6.45, 7) is 2.60. The zero-order valence-corrected chi connectivity index (χ0v) is 13.2. The Labute approximate surface area is 139 Å². The van der Waals surface area contributed by atoms with E-state index in [1.54, 1.807) is 30.2 Å². The first-order valence-electron chi connectivity index (χ1n) is 7.67. The highest BCUT2D eigenvalue weighted by Gasteiger charge is 2.30. The van der Waals surface area contributed by atoms with Crippen LogP contribution >= 0.6 is 0 Å². The molecule has 0 N–H and O–H groups in total. The molecule has 7 heteroatoms. The Morgan fingerprint density at radius 1 is 1.33 bits per heavy atom. The molecule has 1 aromatic carbocycles. The Balaban J connectivity index is 1.71. The van der Waals surface area contributed by atoms with Crippen LogP contribution in [0, 0.1) is 17.0 Å². The molecule has 1 unspecified atom stereocenters. The Morgan fingerprint density at radius 2 is 2.17 bits per heavy atom. The number of nitrogens with zero attached hydrogens (tertiary/aromatic N) is 3. The molecule has 7 nitrogen and oxygen atoms in total. The van der Waals surface area contributed by atoms with Crippen molar-refractivity contribution in [2.75, 3.05) is 13.1 Å². The molecule has 0 saturated carbocycles. The lowest BCUT2D eigenvalue weighted by Crippen LogP contribution is -2.31. The molecule has 0 radical (unpaired) electrons. The van der Waals surface area contributed by atoms with E-state index in [4.69, 9.17) is 4.74 Å². The van der Waals surface area contributed by atoms with Crippen LogP contribution in [0.3, 0.4) is 0 Å². The molecule has 1 aliphatic heterocycles. The molecular formula is C17H17N3O4. The van der Waals surface area contributed by atoms with Crippen LogP contribution in [0.1, 0.15) is 22.3 Å². The van der Waals surface area contributed by atoms with E-state index in [1.165, 1.54) is 12.1 Å². The topological polar surface area (TPSA) is 85.6 Å². The van der Waals surface area contributed by atoms with E-state index >= 15 is 0 Å². The van der Waals surface area contributed by atoms with Crippen LogP contribution in [-0.2, 0) is 0 Å². The molecule has 1 amide bonds. The van der Waals surface area contributed by atoms with Gasteiger partial charge in [-0.3, -0.25) is 14.9 Å². The quantitative estimate of drug-likeness (QED) is 0.636. The fourth-order valence-electron chi connectivity index (χ4n) is 2.82. The molecule has 1 atom stereocenters. The molecule has 124 valence electrons. The summed E-state index contributed by atoms with van der Waals surface area (Å²) in [4.78, 5) is 29.0. The first-order chi connectivity index (χ1) is 11.6. The van der Waals surface area contributed by atoms with Crippen LogP contribution in [0.2, 0.25) is 0 Å². The lowest BCUT2D eigenvalue weighted by molar-refractivity contribution is -0.385. The number of amides is 1. The minimum Gasteiger partial charge on any atom is -0.472 e. The van der Waals surface area contributed by atoms with Crippen LogP contribution in [0.4, 0.5) is 5.69 Å². The summed E-state index contributed by atoms with van der Waals surface area (Å²) in [5, 5.41) is 11.0. The lowest BCUT2D eigenvalue weighted by Gasteiger charge is -2.18. The maximum atomic E-state index is 12.7. The third kappa shape index (κ3) is 3.19. The molecule has 1 aliphatic rings. The average Bonchev–Trinajstić information content (AvgIpc) is 3.03. The van der Waals surface area contributed by atoms with Gasteiger partial charge in [0.05, 0.1) is 11.5 Å². The number of pyridine rings is 1.